The van der Waals surface area contributed by atoms with Gasteiger partial charge < -0.3 is 19.6 Å². The van der Waals surface area contributed by atoms with Gasteiger partial charge in [0.2, 0.25) is 0 Å². The van der Waals surface area contributed by atoms with E-state index in [1.165, 1.54) is 11.3 Å². The summed E-state index contributed by atoms with van der Waals surface area (Å²) in [4.78, 5) is 19.1. The molecular formula is C22H32N6. The highest BCUT2D eigenvalue weighted by atomic mass is 15.2. The third-order valence-electron chi connectivity index (χ3n) is 5.82. The van der Waals surface area contributed by atoms with Crippen LogP contribution in [0.5, 0.6) is 0 Å². The van der Waals surface area contributed by atoms with Crippen molar-refractivity contribution in [1.82, 2.24) is 19.8 Å². The zero-order chi connectivity index (χ0) is 19.5. The van der Waals surface area contributed by atoms with Crippen molar-refractivity contribution in [2.45, 2.75) is 12.8 Å². The Bertz CT molecular complexity index is 780. The van der Waals surface area contributed by atoms with E-state index in [-0.39, 0.29) is 0 Å². The zero-order valence-electron chi connectivity index (χ0n) is 17.4. The Balaban J connectivity index is 1.46. The molecule has 2 aliphatic heterocycles. The van der Waals surface area contributed by atoms with Crippen LogP contribution < -0.4 is 9.80 Å². The first kappa shape index (κ1) is 19.2. The van der Waals surface area contributed by atoms with Gasteiger partial charge in [-0.3, -0.25) is 0 Å². The number of aromatic nitrogens is 2. The zero-order valence-corrected chi connectivity index (χ0v) is 17.4. The second-order valence-electron chi connectivity index (χ2n) is 8.27. The number of rotatable bonds is 6. The Morgan fingerprint density at radius 1 is 1.00 bits per heavy atom. The molecule has 1 aromatic heterocycles. The minimum Gasteiger partial charge on any atom is -0.369 e. The summed E-state index contributed by atoms with van der Waals surface area (Å²) in [6.07, 6.45) is 4.24. The van der Waals surface area contributed by atoms with Crippen molar-refractivity contribution < 1.29 is 0 Å². The molecule has 28 heavy (non-hydrogen) atoms. The maximum Gasteiger partial charge on any atom is 0.161 e. The summed E-state index contributed by atoms with van der Waals surface area (Å²) in [5, 5.41) is 0. The number of piperazine rings is 1. The van der Waals surface area contributed by atoms with Gasteiger partial charge in [-0.2, -0.15) is 0 Å². The highest BCUT2D eigenvalue weighted by Crippen LogP contribution is 2.28. The minimum absolute atomic E-state index is 0.836. The molecule has 0 atom stereocenters. The van der Waals surface area contributed by atoms with Crippen molar-refractivity contribution in [2.75, 3.05) is 76.8 Å². The monoisotopic (exact) mass is 380 g/mol. The molecule has 6 heteroatoms. The maximum atomic E-state index is 4.94. The van der Waals surface area contributed by atoms with Gasteiger partial charge in [-0.05, 0) is 64.8 Å². The quantitative estimate of drug-likeness (QED) is 0.765. The van der Waals surface area contributed by atoms with Crippen LogP contribution in [0.2, 0.25) is 0 Å². The molecule has 1 fully saturated rings. The van der Waals surface area contributed by atoms with E-state index >= 15 is 0 Å². The molecule has 150 valence electrons. The molecule has 2 aromatic rings. The Morgan fingerprint density at radius 3 is 2.46 bits per heavy atom. The first-order valence-electron chi connectivity index (χ1n) is 10.4. The van der Waals surface area contributed by atoms with Crippen molar-refractivity contribution >= 4 is 11.5 Å². The highest BCUT2D eigenvalue weighted by molar-refractivity contribution is 5.63. The van der Waals surface area contributed by atoms with Crippen LogP contribution in [0.15, 0.2) is 30.5 Å². The molecule has 4 rings (SSSR count). The fourth-order valence-electron chi connectivity index (χ4n) is 4.03. The summed E-state index contributed by atoms with van der Waals surface area (Å²) in [7, 11) is 6.45. The van der Waals surface area contributed by atoms with Crippen molar-refractivity contribution in [3.8, 4) is 11.4 Å². The molecule has 0 saturated carbocycles. The predicted octanol–water partition coefficient (Wildman–Crippen LogP) is 2.21. The van der Waals surface area contributed by atoms with Crippen LogP contribution in [-0.2, 0) is 6.42 Å². The molecule has 0 bridgehead atoms. The van der Waals surface area contributed by atoms with Gasteiger partial charge >= 0.3 is 0 Å². The van der Waals surface area contributed by atoms with Crippen LogP contribution in [0, 0.1) is 0 Å². The molecule has 1 saturated heterocycles. The normalized spacial score (nSPS) is 17.4. The number of likely N-dealkylation sites (N-methyl/N-ethyl adjacent to an activating group) is 1. The molecule has 0 radical (unpaired) electrons. The fourth-order valence-corrected chi connectivity index (χ4v) is 4.03. The SMILES string of the molecule is CN(C)CCCN1CCc2cnc(-c3ccc(N4CCN(C)CC4)cc3)nc21. The van der Waals surface area contributed by atoms with Crippen LogP contribution in [0.4, 0.5) is 11.5 Å². The van der Waals surface area contributed by atoms with Gasteiger partial charge in [0.05, 0.1) is 0 Å². The first-order valence-corrected chi connectivity index (χ1v) is 10.4. The van der Waals surface area contributed by atoms with Gasteiger partial charge in [0.25, 0.3) is 0 Å². The smallest absolute Gasteiger partial charge is 0.161 e. The Kier molecular flexibility index (Phi) is 5.78. The van der Waals surface area contributed by atoms with E-state index in [4.69, 9.17) is 4.98 Å². The van der Waals surface area contributed by atoms with Crippen molar-refractivity contribution in [3.05, 3.63) is 36.0 Å². The number of anilines is 2. The summed E-state index contributed by atoms with van der Waals surface area (Å²) in [5.74, 6) is 1.97. The Morgan fingerprint density at radius 2 is 1.75 bits per heavy atom. The molecule has 3 heterocycles. The van der Waals surface area contributed by atoms with Gasteiger partial charge in [0.15, 0.2) is 5.82 Å². The van der Waals surface area contributed by atoms with Gasteiger partial charge in [-0.25, -0.2) is 9.97 Å². The highest BCUT2D eigenvalue weighted by Gasteiger charge is 2.22. The molecular weight excluding hydrogens is 348 g/mol. The molecule has 0 N–H and O–H groups in total. The van der Waals surface area contributed by atoms with Crippen molar-refractivity contribution in [3.63, 3.8) is 0 Å². The number of hydrogen-bond acceptors (Lipinski definition) is 6. The second kappa shape index (κ2) is 8.45. The Hall–Kier alpha value is -2.18. The van der Waals surface area contributed by atoms with Gasteiger partial charge in [-0.1, -0.05) is 0 Å². The van der Waals surface area contributed by atoms with E-state index < -0.39 is 0 Å². The van der Waals surface area contributed by atoms with Crippen LogP contribution in [0.1, 0.15) is 12.0 Å². The molecule has 1 aromatic carbocycles. The maximum absolute atomic E-state index is 4.94. The minimum atomic E-state index is 0.836. The van der Waals surface area contributed by atoms with Crippen molar-refractivity contribution in [2.24, 2.45) is 0 Å². The third kappa shape index (κ3) is 4.28. The standard InChI is InChI=1S/C22H32N6/c1-25(2)10-4-11-28-12-9-19-17-23-21(24-22(19)28)18-5-7-20(8-6-18)27-15-13-26(3)14-16-27/h5-8,17H,4,9-16H2,1-3H3. The molecule has 6 nitrogen and oxygen atoms in total. The number of fused-ring (bicyclic) bond motifs is 1. The van der Waals surface area contributed by atoms with E-state index in [2.05, 4.69) is 70.0 Å². The average molecular weight is 381 g/mol. The van der Waals surface area contributed by atoms with Crippen LogP contribution in [0.3, 0.4) is 0 Å². The summed E-state index contributed by atoms with van der Waals surface area (Å²) in [6.45, 7) is 7.66. The topological polar surface area (TPSA) is 38.7 Å². The lowest BCUT2D eigenvalue weighted by molar-refractivity contribution is 0.313. The largest absolute Gasteiger partial charge is 0.369 e. The lowest BCUT2D eigenvalue weighted by Crippen LogP contribution is -2.44. The predicted molar refractivity (Wildman–Crippen MR) is 116 cm³/mol. The van der Waals surface area contributed by atoms with E-state index in [1.807, 2.05) is 6.20 Å². The molecule has 0 amide bonds. The van der Waals surface area contributed by atoms with Crippen LogP contribution in [0.25, 0.3) is 11.4 Å². The lowest BCUT2D eigenvalue weighted by Gasteiger charge is -2.34. The molecule has 0 unspecified atom stereocenters. The van der Waals surface area contributed by atoms with E-state index in [1.54, 1.807) is 0 Å². The number of nitrogens with zero attached hydrogens (tertiary/aromatic N) is 6. The summed E-state index contributed by atoms with van der Waals surface area (Å²) in [6, 6.07) is 8.76. The van der Waals surface area contributed by atoms with Gasteiger partial charge in [-0.15, -0.1) is 0 Å². The molecule has 0 spiro atoms. The van der Waals surface area contributed by atoms with E-state index in [9.17, 15) is 0 Å². The van der Waals surface area contributed by atoms with Crippen molar-refractivity contribution in [1.29, 1.82) is 0 Å². The van der Waals surface area contributed by atoms with Crippen LogP contribution in [-0.4, -0.2) is 86.7 Å². The van der Waals surface area contributed by atoms with Gasteiger partial charge in [0.1, 0.15) is 5.82 Å². The number of hydrogen-bond donors (Lipinski definition) is 0. The fraction of sp³-hybridized carbons (Fsp3) is 0.545. The molecule has 2 aliphatic rings. The van der Waals surface area contributed by atoms with Gasteiger partial charge in [0, 0.05) is 62.3 Å². The van der Waals surface area contributed by atoms with E-state index in [0.717, 1.165) is 75.9 Å². The summed E-state index contributed by atoms with van der Waals surface area (Å²) in [5.41, 5.74) is 3.67. The molecule has 0 aliphatic carbocycles. The lowest BCUT2D eigenvalue weighted by atomic mass is 10.1. The summed E-state index contributed by atoms with van der Waals surface area (Å²) >= 11 is 0. The average Bonchev–Trinajstić information content (AvgIpc) is 3.11. The Labute approximate surface area is 168 Å². The van der Waals surface area contributed by atoms with E-state index in [0.29, 0.717) is 0 Å². The second-order valence-corrected chi connectivity index (χ2v) is 8.27. The van der Waals surface area contributed by atoms with Crippen LogP contribution >= 0.6 is 0 Å². The summed E-state index contributed by atoms with van der Waals surface area (Å²) < 4.78 is 0. The first-order chi connectivity index (χ1) is 13.6. The third-order valence-corrected chi connectivity index (χ3v) is 5.82. The number of benzene rings is 1.